The van der Waals surface area contributed by atoms with Crippen LogP contribution in [0.5, 0.6) is 0 Å². The summed E-state index contributed by atoms with van der Waals surface area (Å²) in [5.41, 5.74) is 16.5. The molecule has 0 heterocycles. The van der Waals surface area contributed by atoms with Gasteiger partial charge in [0.2, 0.25) is 11.8 Å². The van der Waals surface area contributed by atoms with Crippen molar-refractivity contribution in [3.63, 3.8) is 0 Å². The third-order valence-electron chi connectivity index (χ3n) is 4.12. The maximum Gasteiger partial charge on any atom is 0.236 e. The molecule has 0 saturated carbocycles. The predicted octanol–water partition coefficient (Wildman–Crippen LogP) is 0.958. The first kappa shape index (κ1) is 28.7. The Balaban J connectivity index is 0. The van der Waals surface area contributed by atoms with Crippen molar-refractivity contribution < 1.29 is 14.4 Å². The van der Waals surface area contributed by atoms with Crippen LogP contribution < -0.4 is 27.8 Å². The second-order valence-electron chi connectivity index (χ2n) is 6.99. The van der Waals surface area contributed by atoms with E-state index >= 15 is 0 Å². The molecule has 8 nitrogen and oxygen atoms in total. The third-order valence-corrected chi connectivity index (χ3v) is 4.12. The molecule has 0 aliphatic rings. The minimum Gasteiger partial charge on any atom is -0.356 e. The van der Waals surface area contributed by atoms with E-state index in [9.17, 15) is 14.4 Å². The molecule has 0 aromatic heterocycles. The number of hydrogen-bond donors (Lipinski definition) is 5. The minimum absolute atomic E-state index is 0.0324. The highest BCUT2D eigenvalue weighted by Gasteiger charge is 2.11. The molecule has 0 spiro atoms. The van der Waals surface area contributed by atoms with Crippen LogP contribution in [0.3, 0.4) is 0 Å². The topological polar surface area (TPSA) is 153 Å². The number of amides is 2. The van der Waals surface area contributed by atoms with Gasteiger partial charge in [-0.2, -0.15) is 0 Å². The number of rotatable bonds is 15. The summed E-state index contributed by atoms with van der Waals surface area (Å²) in [6.45, 7) is 7.57. The van der Waals surface area contributed by atoms with Crippen molar-refractivity contribution in [1.82, 2.24) is 10.6 Å². The van der Waals surface area contributed by atoms with Crippen molar-refractivity contribution in [3.05, 3.63) is 0 Å². The Hall–Kier alpha value is -1.51. The minimum atomic E-state index is -0.363. The molecule has 0 unspecified atom stereocenters. The Bertz CT molecular complexity index is 419. The molecular formula is C20H43N5O3. The molecule has 0 aromatic carbocycles. The molecule has 0 radical (unpaired) electrons. The number of carbonyl (C=O) groups excluding carboxylic acids is 3. The fraction of sp³-hybridized carbons (Fsp3) is 0.850. The van der Waals surface area contributed by atoms with E-state index in [0.717, 1.165) is 44.9 Å². The zero-order valence-electron chi connectivity index (χ0n) is 18.1. The van der Waals surface area contributed by atoms with Gasteiger partial charge in [-0.1, -0.05) is 20.3 Å². The van der Waals surface area contributed by atoms with Crippen LogP contribution in [0.1, 0.15) is 78.6 Å². The molecule has 28 heavy (non-hydrogen) atoms. The van der Waals surface area contributed by atoms with E-state index in [0.29, 0.717) is 32.5 Å². The van der Waals surface area contributed by atoms with Crippen molar-refractivity contribution >= 4 is 17.6 Å². The first-order chi connectivity index (χ1) is 13.3. The van der Waals surface area contributed by atoms with Gasteiger partial charge in [-0.05, 0) is 58.4 Å². The van der Waals surface area contributed by atoms with Crippen LogP contribution in [-0.4, -0.2) is 49.3 Å². The number of nitrogens with two attached hydrogens (primary N) is 3. The van der Waals surface area contributed by atoms with E-state index in [2.05, 4.69) is 10.6 Å². The lowest BCUT2D eigenvalue weighted by atomic mass is 10.1. The quantitative estimate of drug-likeness (QED) is 0.258. The summed E-state index contributed by atoms with van der Waals surface area (Å²) in [5, 5.41) is 5.59. The van der Waals surface area contributed by atoms with Crippen LogP contribution in [0, 0.1) is 0 Å². The Labute approximate surface area is 170 Å². The van der Waals surface area contributed by atoms with Crippen molar-refractivity contribution in [3.8, 4) is 0 Å². The Morgan fingerprint density at radius 3 is 1.96 bits per heavy atom. The largest absolute Gasteiger partial charge is 0.356 e. The highest BCUT2D eigenvalue weighted by molar-refractivity contribution is 5.81. The van der Waals surface area contributed by atoms with Crippen molar-refractivity contribution in [2.24, 2.45) is 17.2 Å². The Kier molecular flexibility index (Phi) is 20.7. The number of carbonyl (C=O) groups is 3. The zero-order chi connectivity index (χ0) is 21.8. The molecule has 0 fully saturated rings. The van der Waals surface area contributed by atoms with Crippen molar-refractivity contribution in [2.45, 2.75) is 90.6 Å². The number of nitrogens with one attached hydrogen (secondary N) is 2. The summed E-state index contributed by atoms with van der Waals surface area (Å²) in [6, 6.07) is -0.700. The lowest BCUT2D eigenvalue weighted by Crippen LogP contribution is -2.40. The van der Waals surface area contributed by atoms with E-state index in [1.54, 1.807) is 0 Å². The number of Topliss-reactive ketones (excluding diaryl/α,β-unsaturated/α-hetero) is 1. The monoisotopic (exact) mass is 401 g/mol. The molecule has 0 saturated heterocycles. The van der Waals surface area contributed by atoms with Crippen LogP contribution in [0.2, 0.25) is 0 Å². The van der Waals surface area contributed by atoms with Crippen LogP contribution in [0.15, 0.2) is 0 Å². The predicted molar refractivity (Wildman–Crippen MR) is 115 cm³/mol. The molecule has 2 atom stereocenters. The Morgan fingerprint density at radius 2 is 1.43 bits per heavy atom. The van der Waals surface area contributed by atoms with Gasteiger partial charge in [0, 0.05) is 19.5 Å². The fourth-order valence-corrected chi connectivity index (χ4v) is 2.25. The van der Waals surface area contributed by atoms with Crippen LogP contribution in [0.25, 0.3) is 0 Å². The van der Waals surface area contributed by atoms with Gasteiger partial charge in [0.05, 0.1) is 12.1 Å². The maximum atomic E-state index is 11.2. The van der Waals surface area contributed by atoms with E-state index in [4.69, 9.17) is 17.2 Å². The smallest absolute Gasteiger partial charge is 0.236 e. The summed E-state index contributed by atoms with van der Waals surface area (Å²) in [4.78, 5) is 33.1. The molecule has 166 valence electrons. The number of ketones is 1. The van der Waals surface area contributed by atoms with Gasteiger partial charge in [-0.3, -0.25) is 14.4 Å². The molecule has 8 heteroatoms. The van der Waals surface area contributed by atoms with E-state index < -0.39 is 0 Å². The second-order valence-corrected chi connectivity index (χ2v) is 6.99. The summed E-state index contributed by atoms with van der Waals surface area (Å²) in [5.74, 6) is 0.0947. The summed E-state index contributed by atoms with van der Waals surface area (Å²) < 4.78 is 0. The van der Waals surface area contributed by atoms with E-state index in [1.165, 1.54) is 6.92 Å². The SMILES string of the molecule is CCCC(=O)NCCCC[C@H](N)C(C)=O.CCCNC(=O)[C@@H](N)CCCCN. The van der Waals surface area contributed by atoms with E-state index in [1.807, 2.05) is 13.8 Å². The molecule has 0 aliphatic heterocycles. The van der Waals surface area contributed by atoms with Crippen LogP contribution in [-0.2, 0) is 14.4 Å². The lowest BCUT2D eigenvalue weighted by Gasteiger charge is -2.10. The first-order valence-electron chi connectivity index (χ1n) is 10.6. The molecular weight excluding hydrogens is 358 g/mol. The third kappa shape index (κ3) is 19.3. The maximum absolute atomic E-state index is 11.2. The van der Waals surface area contributed by atoms with Crippen LogP contribution in [0.4, 0.5) is 0 Å². The van der Waals surface area contributed by atoms with Gasteiger partial charge in [0.25, 0.3) is 0 Å². The summed E-state index contributed by atoms with van der Waals surface area (Å²) in [7, 11) is 0. The average Bonchev–Trinajstić information content (AvgIpc) is 2.66. The van der Waals surface area contributed by atoms with Gasteiger partial charge in [0.1, 0.15) is 5.78 Å². The summed E-state index contributed by atoms with van der Waals surface area (Å²) in [6.07, 6.45) is 7.48. The normalized spacial score (nSPS) is 12.4. The van der Waals surface area contributed by atoms with Crippen LogP contribution >= 0.6 is 0 Å². The van der Waals surface area contributed by atoms with Gasteiger partial charge in [-0.25, -0.2) is 0 Å². The van der Waals surface area contributed by atoms with E-state index in [-0.39, 0.29) is 29.7 Å². The fourth-order valence-electron chi connectivity index (χ4n) is 2.25. The summed E-state index contributed by atoms with van der Waals surface area (Å²) >= 11 is 0. The van der Waals surface area contributed by atoms with Gasteiger partial charge < -0.3 is 27.8 Å². The average molecular weight is 402 g/mol. The zero-order valence-corrected chi connectivity index (χ0v) is 18.1. The first-order valence-corrected chi connectivity index (χ1v) is 10.6. The van der Waals surface area contributed by atoms with Crippen molar-refractivity contribution in [2.75, 3.05) is 19.6 Å². The molecule has 8 N–H and O–H groups in total. The van der Waals surface area contributed by atoms with Gasteiger partial charge in [0.15, 0.2) is 0 Å². The molecule has 2 amide bonds. The van der Waals surface area contributed by atoms with Gasteiger partial charge in [-0.15, -0.1) is 0 Å². The standard InChI is InChI=1S/C11H22N2O2.C9H21N3O/c1-3-6-11(15)13-8-5-4-7-10(12)9(2)14;1-2-7-12-9(13)8(11)5-3-4-6-10/h10H,3-8,12H2,1-2H3,(H,13,15);8H,2-7,10-11H2,1H3,(H,12,13)/t10-;8-/m00/s1. The second kappa shape index (κ2) is 20.2. The molecule has 0 aromatic rings. The number of unbranched alkanes of at least 4 members (excludes halogenated alkanes) is 2. The highest BCUT2D eigenvalue weighted by atomic mass is 16.2. The lowest BCUT2D eigenvalue weighted by molar-refractivity contribution is -0.122. The van der Waals surface area contributed by atoms with Gasteiger partial charge >= 0.3 is 0 Å². The molecule has 0 bridgehead atoms. The molecule has 0 rings (SSSR count). The Morgan fingerprint density at radius 1 is 0.821 bits per heavy atom. The molecule has 0 aliphatic carbocycles. The number of hydrogen-bond acceptors (Lipinski definition) is 6. The highest BCUT2D eigenvalue weighted by Crippen LogP contribution is 1.99. The van der Waals surface area contributed by atoms with Crippen molar-refractivity contribution in [1.29, 1.82) is 0 Å².